The van der Waals surface area contributed by atoms with Gasteiger partial charge in [0, 0.05) is 19.7 Å². The summed E-state index contributed by atoms with van der Waals surface area (Å²) in [7, 11) is 0. The predicted octanol–water partition coefficient (Wildman–Crippen LogP) is 3.46. The van der Waals surface area contributed by atoms with Crippen LogP contribution >= 0.6 is 0 Å². The van der Waals surface area contributed by atoms with Gasteiger partial charge in [-0.25, -0.2) is 9.97 Å². The second-order valence-corrected chi connectivity index (χ2v) is 8.25. The van der Waals surface area contributed by atoms with Crippen LogP contribution in [0.5, 0.6) is 0 Å². The first-order valence-electron chi connectivity index (χ1n) is 9.62. The van der Waals surface area contributed by atoms with E-state index in [1.54, 1.807) is 6.07 Å². The second-order valence-electron chi connectivity index (χ2n) is 8.25. The predicted molar refractivity (Wildman–Crippen MR) is 104 cm³/mol. The smallest absolute Gasteiger partial charge is 0.286 e. The minimum atomic E-state index is -2.97. The van der Waals surface area contributed by atoms with Crippen molar-refractivity contribution >= 4 is 5.95 Å². The Balaban J connectivity index is 1.64. The van der Waals surface area contributed by atoms with E-state index in [0.717, 1.165) is 12.5 Å². The van der Waals surface area contributed by atoms with Crippen molar-refractivity contribution in [3.8, 4) is 6.07 Å². The van der Waals surface area contributed by atoms with Crippen LogP contribution in [0.1, 0.15) is 49.7 Å². The average Bonchev–Trinajstić information content (AvgIpc) is 2.67. The molecule has 2 atom stereocenters. The Kier molecular flexibility index (Phi) is 5.80. The minimum absolute atomic E-state index is 0.203. The van der Waals surface area contributed by atoms with Crippen LogP contribution < -0.4 is 5.32 Å². The number of hydrogen-bond donors (Lipinski definition) is 2. The molecule has 1 saturated carbocycles. The van der Waals surface area contributed by atoms with E-state index >= 15 is 0 Å². The quantitative estimate of drug-likeness (QED) is 0.738. The molecule has 8 heteroatoms. The number of nitrogens with zero attached hydrogens (tertiary/aromatic N) is 4. The molecular formula is C21H25F2N5O. The normalized spacial score (nSPS) is 20.6. The molecule has 6 nitrogen and oxygen atoms in total. The summed E-state index contributed by atoms with van der Waals surface area (Å²) in [4.78, 5) is 12.4. The zero-order valence-electron chi connectivity index (χ0n) is 16.8. The molecule has 0 aromatic carbocycles. The molecule has 1 aliphatic carbocycles. The van der Waals surface area contributed by atoms with Gasteiger partial charge in [-0.1, -0.05) is 13.8 Å². The van der Waals surface area contributed by atoms with Gasteiger partial charge in [0.05, 0.1) is 23.6 Å². The second kappa shape index (κ2) is 7.99. The molecule has 0 spiro atoms. The molecule has 1 fully saturated rings. The summed E-state index contributed by atoms with van der Waals surface area (Å²) < 4.78 is 26.8. The van der Waals surface area contributed by atoms with Gasteiger partial charge < -0.3 is 10.4 Å². The highest BCUT2D eigenvalue weighted by atomic mass is 19.3. The van der Waals surface area contributed by atoms with Crippen molar-refractivity contribution in [2.45, 2.75) is 52.1 Å². The van der Waals surface area contributed by atoms with Gasteiger partial charge in [-0.05, 0) is 48.3 Å². The Hall–Kier alpha value is -2.66. The number of aliphatic hydroxyl groups is 1. The highest BCUT2D eigenvalue weighted by Gasteiger charge is 2.47. The van der Waals surface area contributed by atoms with E-state index in [0.29, 0.717) is 43.0 Å². The van der Waals surface area contributed by atoms with Gasteiger partial charge >= 0.3 is 0 Å². The van der Waals surface area contributed by atoms with E-state index in [9.17, 15) is 19.1 Å². The van der Waals surface area contributed by atoms with E-state index in [4.69, 9.17) is 0 Å². The summed E-state index contributed by atoms with van der Waals surface area (Å²) in [6.45, 7) is 5.31. The SMILES string of the molecule is CC(F)(F)c1cc(CCNc2ncc(C#N)c(C[C@@H]3C[C@H](O)C3(C)C)n2)ccn1. The first kappa shape index (κ1) is 21.1. The topological polar surface area (TPSA) is 94.7 Å². The van der Waals surface area contributed by atoms with Crippen LogP contribution in [-0.4, -0.2) is 32.7 Å². The number of alkyl halides is 2. The number of anilines is 1. The van der Waals surface area contributed by atoms with Gasteiger partial charge in [0.15, 0.2) is 0 Å². The maximum atomic E-state index is 13.4. The number of nitrogens with one attached hydrogen (secondary N) is 1. The fourth-order valence-corrected chi connectivity index (χ4v) is 3.51. The first-order chi connectivity index (χ1) is 13.6. The number of hydrogen-bond acceptors (Lipinski definition) is 6. The molecular weight excluding hydrogens is 376 g/mol. The number of nitriles is 1. The van der Waals surface area contributed by atoms with Crippen molar-refractivity contribution in [1.29, 1.82) is 5.26 Å². The third kappa shape index (κ3) is 4.67. The highest BCUT2D eigenvalue weighted by molar-refractivity contribution is 5.37. The number of pyridine rings is 1. The van der Waals surface area contributed by atoms with Crippen LogP contribution in [0, 0.1) is 22.7 Å². The summed E-state index contributed by atoms with van der Waals surface area (Å²) in [5.74, 6) is -2.33. The van der Waals surface area contributed by atoms with Crippen LogP contribution in [0.25, 0.3) is 0 Å². The fraction of sp³-hybridized carbons (Fsp3) is 0.524. The number of halogens is 2. The third-order valence-corrected chi connectivity index (χ3v) is 5.82. The number of aliphatic hydroxyl groups excluding tert-OH is 1. The lowest BCUT2D eigenvalue weighted by atomic mass is 9.58. The molecule has 0 radical (unpaired) electrons. The zero-order chi connectivity index (χ0) is 21.2. The van der Waals surface area contributed by atoms with Crippen LogP contribution in [0.15, 0.2) is 24.5 Å². The van der Waals surface area contributed by atoms with Crippen molar-refractivity contribution in [3.05, 3.63) is 47.0 Å². The minimum Gasteiger partial charge on any atom is -0.393 e. The fourth-order valence-electron chi connectivity index (χ4n) is 3.51. The van der Waals surface area contributed by atoms with E-state index in [1.807, 2.05) is 13.8 Å². The zero-order valence-corrected chi connectivity index (χ0v) is 16.8. The monoisotopic (exact) mass is 401 g/mol. The largest absolute Gasteiger partial charge is 0.393 e. The summed E-state index contributed by atoms with van der Waals surface area (Å²) in [5, 5.41) is 22.4. The van der Waals surface area contributed by atoms with E-state index in [1.165, 1.54) is 18.5 Å². The molecule has 2 aromatic rings. The maximum absolute atomic E-state index is 13.4. The number of rotatable bonds is 7. The molecule has 2 N–H and O–H groups in total. The molecule has 0 saturated heterocycles. The van der Waals surface area contributed by atoms with Crippen LogP contribution in [0.3, 0.4) is 0 Å². The molecule has 0 unspecified atom stereocenters. The Labute approximate surface area is 169 Å². The van der Waals surface area contributed by atoms with Gasteiger partial charge in [0.1, 0.15) is 11.8 Å². The maximum Gasteiger partial charge on any atom is 0.286 e. The van der Waals surface area contributed by atoms with Gasteiger partial charge in [-0.15, -0.1) is 0 Å². The van der Waals surface area contributed by atoms with E-state index in [-0.39, 0.29) is 23.1 Å². The lowest BCUT2D eigenvalue weighted by Crippen LogP contribution is -2.50. The molecule has 0 aliphatic heterocycles. The van der Waals surface area contributed by atoms with E-state index in [2.05, 4.69) is 26.3 Å². The van der Waals surface area contributed by atoms with Crippen LogP contribution in [-0.2, 0) is 18.8 Å². The van der Waals surface area contributed by atoms with Crippen molar-refractivity contribution in [2.75, 3.05) is 11.9 Å². The van der Waals surface area contributed by atoms with E-state index < -0.39 is 5.92 Å². The Morgan fingerprint density at radius 3 is 2.76 bits per heavy atom. The van der Waals surface area contributed by atoms with Crippen LogP contribution in [0.2, 0.25) is 0 Å². The van der Waals surface area contributed by atoms with Gasteiger partial charge in [-0.2, -0.15) is 14.0 Å². The summed E-state index contributed by atoms with van der Waals surface area (Å²) in [5.41, 5.74) is 1.37. The lowest BCUT2D eigenvalue weighted by Gasteiger charge is -2.49. The first-order valence-corrected chi connectivity index (χ1v) is 9.62. The third-order valence-electron chi connectivity index (χ3n) is 5.82. The Morgan fingerprint density at radius 2 is 2.14 bits per heavy atom. The van der Waals surface area contributed by atoms with Gasteiger partial charge in [0.2, 0.25) is 5.95 Å². The Morgan fingerprint density at radius 1 is 1.38 bits per heavy atom. The average molecular weight is 401 g/mol. The van der Waals surface area contributed by atoms with Gasteiger partial charge in [-0.3, -0.25) is 4.98 Å². The molecule has 2 aromatic heterocycles. The molecule has 3 rings (SSSR count). The van der Waals surface area contributed by atoms with Gasteiger partial charge in [0.25, 0.3) is 5.92 Å². The number of aromatic nitrogens is 3. The molecule has 0 bridgehead atoms. The highest BCUT2D eigenvalue weighted by Crippen LogP contribution is 2.47. The Bertz CT molecular complexity index is 920. The summed E-state index contributed by atoms with van der Waals surface area (Å²) in [6.07, 6.45) is 4.34. The summed E-state index contributed by atoms with van der Waals surface area (Å²) in [6, 6.07) is 5.22. The van der Waals surface area contributed by atoms with Crippen molar-refractivity contribution < 1.29 is 13.9 Å². The van der Waals surface area contributed by atoms with Crippen molar-refractivity contribution in [3.63, 3.8) is 0 Å². The van der Waals surface area contributed by atoms with Crippen LogP contribution in [0.4, 0.5) is 14.7 Å². The lowest BCUT2D eigenvalue weighted by molar-refractivity contribution is -0.0978. The van der Waals surface area contributed by atoms with Crippen molar-refractivity contribution in [2.24, 2.45) is 11.3 Å². The molecule has 2 heterocycles. The molecule has 29 heavy (non-hydrogen) atoms. The molecule has 154 valence electrons. The molecule has 0 amide bonds. The standard InChI is InChI=1S/C21H25F2N5O/c1-20(2)15(10-18(20)29)9-16-14(11-24)12-27-19(28-16)26-7-5-13-4-6-25-17(8-13)21(3,22)23/h4,6,8,12,15,18,29H,5,7,9-10H2,1-3H3,(H,26,27,28)/t15-,18+/m1/s1. The van der Waals surface area contributed by atoms with Crippen molar-refractivity contribution in [1.82, 2.24) is 15.0 Å². The summed E-state index contributed by atoms with van der Waals surface area (Å²) >= 11 is 0. The molecule has 1 aliphatic rings.